The van der Waals surface area contributed by atoms with Crippen molar-refractivity contribution in [3.05, 3.63) is 35.9 Å². The smallest absolute Gasteiger partial charge is 0.326 e. The van der Waals surface area contributed by atoms with Gasteiger partial charge in [0.1, 0.15) is 24.2 Å². The van der Waals surface area contributed by atoms with Crippen molar-refractivity contribution in [2.75, 3.05) is 0 Å². The van der Waals surface area contributed by atoms with E-state index >= 15 is 0 Å². The molecule has 1 rings (SSSR count). The zero-order valence-electron chi connectivity index (χ0n) is 26.7. The molecule has 0 aliphatic rings. The van der Waals surface area contributed by atoms with Crippen LogP contribution in [-0.2, 0) is 40.0 Å². The van der Waals surface area contributed by atoms with Crippen molar-refractivity contribution in [1.29, 1.82) is 0 Å². The van der Waals surface area contributed by atoms with Crippen molar-refractivity contribution >= 4 is 41.5 Å². The minimum Gasteiger partial charge on any atom is -0.481 e. The lowest BCUT2D eigenvalue weighted by Crippen LogP contribution is -2.58. The zero-order chi connectivity index (χ0) is 35.0. The van der Waals surface area contributed by atoms with Gasteiger partial charge in [-0.1, -0.05) is 58.0 Å². The van der Waals surface area contributed by atoms with Crippen LogP contribution in [0.2, 0.25) is 0 Å². The molecule has 0 saturated carbocycles. The molecule has 15 nitrogen and oxygen atoms in total. The summed E-state index contributed by atoms with van der Waals surface area (Å²) in [4.78, 5) is 87.0. The van der Waals surface area contributed by atoms with Crippen molar-refractivity contribution in [2.24, 2.45) is 17.6 Å². The molecule has 5 atom stereocenters. The minimum atomic E-state index is -1.51. The first kappa shape index (κ1) is 39.5. The fraction of sp³-hybridized carbons (Fsp3) is 0.581. The summed E-state index contributed by atoms with van der Waals surface area (Å²) in [6.07, 6.45) is -1.50. The van der Waals surface area contributed by atoms with Gasteiger partial charge in [0, 0.05) is 12.8 Å². The molecule has 0 aromatic heterocycles. The maximum Gasteiger partial charge on any atom is 0.326 e. The lowest BCUT2D eigenvalue weighted by molar-refractivity contribution is -0.143. The fourth-order valence-electron chi connectivity index (χ4n) is 4.53. The number of hydrogen-bond donors (Lipinski definition) is 8. The van der Waals surface area contributed by atoms with Crippen molar-refractivity contribution < 1.29 is 48.9 Å². The number of benzene rings is 1. The molecule has 256 valence electrons. The van der Waals surface area contributed by atoms with Gasteiger partial charge in [-0.25, -0.2) is 4.79 Å². The van der Waals surface area contributed by atoms with Crippen LogP contribution in [-0.4, -0.2) is 87.1 Å². The second-order valence-electron chi connectivity index (χ2n) is 12.0. The van der Waals surface area contributed by atoms with Gasteiger partial charge >= 0.3 is 17.9 Å². The summed E-state index contributed by atoms with van der Waals surface area (Å²) in [5, 5.41) is 37.6. The summed E-state index contributed by atoms with van der Waals surface area (Å²) in [5.74, 6) is -7.44. The van der Waals surface area contributed by atoms with E-state index < -0.39 is 97.4 Å². The van der Waals surface area contributed by atoms with Crippen LogP contribution in [0, 0.1) is 11.8 Å². The van der Waals surface area contributed by atoms with Crippen LogP contribution in [0.4, 0.5) is 0 Å². The number of nitrogens with two attached hydrogens (primary N) is 1. The SMILES string of the molecule is CC(C)C[C@H](NC(=O)[C@H](CCC(=O)O)NC(=O)[C@H](CCC(=O)O)NC(=O)[C@H](CC(C)C)NC(=O)[C@@H](N)Cc1ccccc1)C(=O)O. The van der Waals surface area contributed by atoms with Crippen molar-refractivity contribution in [2.45, 2.75) is 103 Å². The molecule has 0 fully saturated rings. The van der Waals surface area contributed by atoms with E-state index in [1.807, 2.05) is 6.07 Å². The molecule has 46 heavy (non-hydrogen) atoms. The van der Waals surface area contributed by atoms with E-state index in [1.54, 1.807) is 52.0 Å². The lowest BCUT2D eigenvalue weighted by atomic mass is 10.0. The predicted octanol–water partition coefficient (Wildman–Crippen LogP) is 0.402. The topological polar surface area (TPSA) is 254 Å². The highest BCUT2D eigenvalue weighted by atomic mass is 16.4. The number of carboxylic acids is 3. The van der Waals surface area contributed by atoms with Gasteiger partial charge in [-0.05, 0) is 49.5 Å². The Morgan fingerprint density at radius 3 is 1.41 bits per heavy atom. The Hall–Kier alpha value is -4.53. The Kier molecular flexibility index (Phi) is 17.0. The summed E-state index contributed by atoms with van der Waals surface area (Å²) in [7, 11) is 0. The van der Waals surface area contributed by atoms with E-state index in [4.69, 9.17) is 10.8 Å². The molecule has 0 heterocycles. The number of carbonyl (C=O) groups is 7. The van der Waals surface area contributed by atoms with Gasteiger partial charge in [0.2, 0.25) is 23.6 Å². The van der Waals surface area contributed by atoms with E-state index in [-0.39, 0.29) is 31.1 Å². The summed E-state index contributed by atoms with van der Waals surface area (Å²) in [6, 6.07) is 2.54. The molecule has 0 spiro atoms. The van der Waals surface area contributed by atoms with Crippen molar-refractivity contribution in [3.8, 4) is 0 Å². The first-order valence-electron chi connectivity index (χ1n) is 15.2. The third kappa shape index (κ3) is 15.5. The molecule has 1 aromatic carbocycles. The van der Waals surface area contributed by atoms with Crippen LogP contribution in [0.1, 0.15) is 71.8 Å². The third-order valence-corrected chi connectivity index (χ3v) is 6.86. The average molecular weight is 650 g/mol. The molecular formula is C31H47N5O10. The molecule has 0 aliphatic carbocycles. The monoisotopic (exact) mass is 649 g/mol. The zero-order valence-corrected chi connectivity index (χ0v) is 26.7. The molecular weight excluding hydrogens is 602 g/mol. The Balaban J connectivity index is 3.17. The third-order valence-electron chi connectivity index (χ3n) is 6.86. The second-order valence-corrected chi connectivity index (χ2v) is 12.0. The number of carboxylic acid groups (broad SMARTS) is 3. The van der Waals surface area contributed by atoms with E-state index in [0.29, 0.717) is 0 Å². The number of amides is 4. The van der Waals surface area contributed by atoms with E-state index in [0.717, 1.165) is 5.56 Å². The number of carbonyl (C=O) groups excluding carboxylic acids is 4. The first-order chi connectivity index (χ1) is 21.5. The highest BCUT2D eigenvalue weighted by Crippen LogP contribution is 2.10. The summed E-state index contributed by atoms with van der Waals surface area (Å²) in [5.41, 5.74) is 6.89. The van der Waals surface area contributed by atoms with Crippen LogP contribution in [0.15, 0.2) is 30.3 Å². The van der Waals surface area contributed by atoms with Crippen LogP contribution in [0.5, 0.6) is 0 Å². The van der Waals surface area contributed by atoms with Crippen LogP contribution in [0.3, 0.4) is 0 Å². The second kappa shape index (κ2) is 19.8. The molecule has 0 bridgehead atoms. The number of aliphatic carboxylic acids is 3. The van der Waals surface area contributed by atoms with Gasteiger partial charge < -0.3 is 42.3 Å². The minimum absolute atomic E-state index is 0.0654. The molecule has 4 amide bonds. The van der Waals surface area contributed by atoms with Gasteiger partial charge in [-0.3, -0.25) is 28.8 Å². The van der Waals surface area contributed by atoms with Crippen LogP contribution >= 0.6 is 0 Å². The van der Waals surface area contributed by atoms with E-state index in [9.17, 15) is 43.8 Å². The first-order valence-corrected chi connectivity index (χ1v) is 15.2. The highest BCUT2D eigenvalue weighted by molar-refractivity contribution is 5.95. The maximum absolute atomic E-state index is 13.4. The maximum atomic E-state index is 13.4. The molecule has 0 aliphatic heterocycles. The molecule has 0 unspecified atom stereocenters. The normalized spacial score (nSPS) is 14.3. The highest BCUT2D eigenvalue weighted by Gasteiger charge is 2.32. The van der Waals surface area contributed by atoms with Gasteiger partial charge in [0.15, 0.2) is 0 Å². The fourth-order valence-corrected chi connectivity index (χ4v) is 4.53. The van der Waals surface area contributed by atoms with Crippen molar-refractivity contribution in [3.63, 3.8) is 0 Å². The van der Waals surface area contributed by atoms with E-state index in [1.165, 1.54) is 0 Å². The predicted molar refractivity (Wildman–Crippen MR) is 166 cm³/mol. The Morgan fingerprint density at radius 1 is 0.609 bits per heavy atom. The van der Waals surface area contributed by atoms with E-state index in [2.05, 4.69) is 21.3 Å². The molecule has 0 saturated heterocycles. The van der Waals surface area contributed by atoms with Crippen LogP contribution in [0.25, 0.3) is 0 Å². The lowest BCUT2D eigenvalue weighted by Gasteiger charge is -2.27. The van der Waals surface area contributed by atoms with Gasteiger partial charge in [0.05, 0.1) is 6.04 Å². The number of rotatable bonds is 21. The summed E-state index contributed by atoms with van der Waals surface area (Å²) in [6.45, 7) is 7.10. The summed E-state index contributed by atoms with van der Waals surface area (Å²) < 4.78 is 0. The summed E-state index contributed by atoms with van der Waals surface area (Å²) >= 11 is 0. The molecule has 15 heteroatoms. The van der Waals surface area contributed by atoms with Crippen LogP contribution < -0.4 is 27.0 Å². The number of hydrogen-bond acceptors (Lipinski definition) is 8. The Labute approximate surface area is 268 Å². The Morgan fingerprint density at radius 2 is 1.00 bits per heavy atom. The van der Waals surface area contributed by atoms with Crippen molar-refractivity contribution in [1.82, 2.24) is 21.3 Å². The average Bonchev–Trinajstić information content (AvgIpc) is 2.95. The molecule has 9 N–H and O–H groups in total. The molecule has 1 aromatic rings. The Bertz CT molecular complexity index is 1210. The van der Waals surface area contributed by atoms with Gasteiger partial charge in [0.25, 0.3) is 0 Å². The number of nitrogens with one attached hydrogen (secondary N) is 4. The van der Waals surface area contributed by atoms with Gasteiger partial charge in [-0.15, -0.1) is 0 Å². The quantitative estimate of drug-likeness (QED) is 0.0904. The largest absolute Gasteiger partial charge is 0.481 e. The molecule has 0 radical (unpaired) electrons. The standard InChI is InChI=1S/C31H47N5O10/c1-17(2)14-23(35-27(41)20(32)16-19-8-6-5-7-9-19)30(44)34-21(10-12-25(37)38)28(42)33-22(11-13-26(39)40)29(43)36-24(31(45)46)15-18(3)4/h5-9,17-18,20-24H,10-16,32H2,1-4H3,(H,33,42)(H,34,44)(H,35,41)(H,36,43)(H,37,38)(H,39,40)(H,45,46)/t20-,21-,22-,23-,24-/m0/s1. The van der Waals surface area contributed by atoms with Gasteiger partial charge in [-0.2, -0.15) is 0 Å².